The van der Waals surface area contributed by atoms with Crippen LogP contribution in [0.25, 0.3) is 0 Å². The lowest BCUT2D eigenvalue weighted by molar-refractivity contribution is 0.1000. The van der Waals surface area contributed by atoms with Crippen molar-refractivity contribution in [3.63, 3.8) is 0 Å². The van der Waals surface area contributed by atoms with E-state index in [2.05, 4.69) is 5.32 Å². The highest BCUT2D eigenvalue weighted by molar-refractivity contribution is 5.94. The van der Waals surface area contributed by atoms with Crippen LogP contribution in [-0.4, -0.2) is 11.9 Å². The molecule has 0 atom stereocenters. The van der Waals surface area contributed by atoms with Gasteiger partial charge in [0.25, 0.3) is 0 Å². The second-order valence-corrected chi connectivity index (χ2v) is 3.79. The Bertz CT molecular complexity index is 388. The van der Waals surface area contributed by atoms with E-state index in [1.54, 1.807) is 13.0 Å². The second kappa shape index (κ2) is 4.29. The number of amides is 1. The number of nitrogens with two attached hydrogens (primary N) is 1. The summed E-state index contributed by atoms with van der Waals surface area (Å²) in [6.07, 6.45) is 0. The number of halogens is 1. The van der Waals surface area contributed by atoms with Crippen LogP contribution in [0.2, 0.25) is 0 Å². The SMILES string of the molecule is Cc1c(F)cc(C(N)=O)cc1NC(C)C. The molecule has 0 aliphatic carbocycles. The molecule has 1 aromatic carbocycles. The van der Waals surface area contributed by atoms with Crippen molar-refractivity contribution in [3.05, 3.63) is 29.1 Å². The van der Waals surface area contributed by atoms with E-state index < -0.39 is 11.7 Å². The Morgan fingerprint density at radius 2 is 2.07 bits per heavy atom. The van der Waals surface area contributed by atoms with Gasteiger partial charge in [0.05, 0.1) is 0 Å². The van der Waals surface area contributed by atoms with Crippen molar-refractivity contribution < 1.29 is 9.18 Å². The molecule has 0 spiro atoms. The van der Waals surface area contributed by atoms with Crippen molar-refractivity contribution in [3.8, 4) is 0 Å². The normalized spacial score (nSPS) is 10.5. The molecular formula is C11H15FN2O. The van der Waals surface area contributed by atoms with Gasteiger partial charge in [-0.25, -0.2) is 4.39 Å². The molecule has 15 heavy (non-hydrogen) atoms. The fraction of sp³-hybridized carbons (Fsp3) is 0.364. The molecule has 0 unspecified atom stereocenters. The minimum Gasteiger partial charge on any atom is -0.383 e. The van der Waals surface area contributed by atoms with Crippen molar-refractivity contribution in [2.75, 3.05) is 5.32 Å². The smallest absolute Gasteiger partial charge is 0.248 e. The quantitative estimate of drug-likeness (QED) is 0.802. The van der Waals surface area contributed by atoms with Gasteiger partial charge < -0.3 is 11.1 Å². The van der Waals surface area contributed by atoms with Crippen LogP contribution < -0.4 is 11.1 Å². The maximum absolute atomic E-state index is 13.4. The van der Waals surface area contributed by atoms with Crippen LogP contribution in [-0.2, 0) is 0 Å². The first kappa shape index (κ1) is 11.5. The Labute approximate surface area is 88.5 Å². The lowest BCUT2D eigenvalue weighted by Gasteiger charge is -2.14. The van der Waals surface area contributed by atoms with Gasteiger partial charge >= 0.3 is 0 Å². The number of hydrogen-bond acceptors (Lipinski definition) is 2. The number of carbonyl (C=O) groups excluding carboxylic acids is 1. The fourth-order valence-electron chi connectivity index (χ4n) is 1.28. The topological polar surface area (TPSA) is 55.1 Å². The predicted octanol–water partition coefficient (Wildman–Crippen LogP) is 2.05. The third-order valence-corrected chi connectivity index (χ3v) is 2.07. The van der Waals surface area contributed by atoms with Crippen molar-refractivity contribution in [1.29, 1.82) is 0 Å². The Kier molecular flexibility index (Phi) is 3.29. The molecule has 0 saturated heterocycles. The van der Waals surface area contributed by atoms with Gasteiger partial charge in [0, 0.05) is 22.9 Å². The minimum absolute atomic E-state index is 0.172. The van der Waals surface area contributed by atoms with Gasteiger partial charge in [0.15, 0.2) is 0 Å². The van der Waals surface area contributed by atoms with E-state index in [0.29, 0.717) is 11.3 Å². The summed E-state index contributed by atoms with van der Waals surface area (Å²) >= 11 is 0. The zero-order valence-corrected chi connectivity index (χ0v) is 9.10. The van der Waals surface area contributed by atoms with Gasteiger partial charge in [-0.2, -0.15) is 0 Å². The number of rotatable bonds is 3. The van der Waals surface area contributed by atoms with Crippen molar-refractivity contribution in [2.45, 2.75) is 26.8 Å². The molecule has 82 valence electrons. The fourth-order valence-corrected chi connectivity index (χ4v) is 1.28. The van der Waals surface area contributed by atoms with Crippen LogP contribution in [0.3, 0.4) is 0 Å². The highest BCUT2D eigenvalue weighted by Crippen LogP contribution is 2.21. The molecule has 0 bridgehead atoms. The monoisotopic (exact) mass is 210 g/mol. The van der Waals surface area contributed by atoms with Gasteiger partial charge in [0.1, 0.15) is 5.82 Å². The Morgan fingerprint density at radius 1 is 1.47 bits per heavy atom. The maximum Gasteiger partial charge on any atom is 0.248 e. The first-order valence-corrected chi connectivity index (χ1v) is 4.78. The summed E-state index contributed by atoms with van der Waals surface area (Å²) in [7, 11) is 0. The summed E-state index contributed by atoms with van der Waals surface area (Å²) in [5.74, 6) is -1.05. The van der Waals surface area contributed by atoms with E-state index in [0.717, 1.165) is 6.07 Å². The minimum atomic E-state index is -0.624. The number of primary amides is 1. The van der Waals surface area contributed by atoms with Crippen LogP contribution in [0, 0.1) is 12.7 Å². The van der Waals surface area contributed by atoms with Crippen molar-refractivity contribution in [2.24, 2.45) is 5.73 Å². The highest BCUT2D eigenvalue weighted by Gasteiger charge is 2.10. The van der Waals surface area contributed by atoms with Crippen LogP contribution in [0.4, 0.5) is 10.1 Å². The van der Waals surface area contributed by atoms with E-state index in [9.17, 15) is 9.18 Å². The van der Waals surface area contributed by atoms with Gasteiger partial charge in [-0.05, 0) is 32.9 Å². The summed E-state index contributed by atoms with van der Waals surface area (Å²) in [5.41, 5.74) is 6.38. The number of benzene rings is 1. The standard InChI is InChI=1S/C11H15FN2O/c1-6(2)14-10-5-8(11(13)15)4-9(12)7(10)3/h4-6,14H,1-3H3,(H2,13,15). The summed E-state index contributed by atoms with van der Waals surface area (Å²) < 4.78 is 13.4. The van der Waals surface area contributed by atoms with E-state index in [-0.39, 0.29) is 11.6 Å². The second-order valence-electron chi connectivity index (χ2n) is 3.79. The number of hydrogen-bond donors (Lipinski definition) is 2. The summed E-state index contributed by atoms with van der Waals surface area (Å²) in [5, 5.41) is 3.06. The zero-order chi connectivity index (χ0) is 11.6. The molecule has 0 aliphatic heterocycles. The first-order chi connectivity index (χ1) is 6.91. The van der Waals surface area contributed by atoms with Crippen LogP contribution in [0.15, 0.2) is 12.1 Å². The first-order valence-electron chi connectivity index (χ1n) is 4.78. The Morgan fingerprint density at radius 3 is 2.53 bits per heavy atom. The van der Waals surface area contributed by atoms with E-state index in [1.165, 1.54) is 0 Å². The average molecular weight is 210 g/mol. The lowest BCUT2D eigenvalue weighted by atomic mass is 10.1. The Balaban J connectivity index is 3.19. The molecule has 3 nitrogen and oxygen atoms in total. The highest BCUT2D eigenvalue weighted by atomic mass is 19.1. The molecule has 4 heteroatoms. The zero-order valence-electron chi connectivity index (χ0n) is 9.10. The number of carbonyl (C=O) groups is 1. The molecule has 0 heterocycles. The molecule has 1 rings (SSSR count). The molecule has 1 amide bonds. The number of anilines is 1. The van der Waals surface area contributed by atoms with Gasteiger partial charge in [-0.3, -0.25) is 4.79 Å². The molecule has 0 radical (unpaired) electrons. The average Bonchev–Trinajstić information content (AvgIpc) is 2.11. The van der Waals surface area contributed by atoms with E-state index >= 15 is 0 Å². The molecule has 0 fully saturated rings. The van der Waals surface area contributed by atoms with Crippen molar-refractivity contribution >= 4 is 11.6 Å². The van der Waals surface area contributed by atoms with Crippen molar-refractivity contribution in [1.82, 2.24) is 0 Å². The predicted molar refractivity (Wildman–Crippen MR) is 58.4 cm³/mol. The van der Waals surface area contributed by atoms with Crippen LogP contribution in [0.5, 0.6) is 0 Å². The van der Waals surface area contributed by atoms with Gasteiger partial charge in [-0.15, -0.1) is 0 Å². The van der Waals surface area contributed by atoms with Gasteiger partial charge in [-0.1, -0.05) is 0 Å². The van der Waals surface area contributed by atoms with Gasteiger partial charge in [0.2, 0.25) is 5.91 Å². The third-order valence-electron chi connectivity index (χ3n) is 2.07. The molecule has 3 N–H and O–H groups in total. The molecule has 0 saturated carbocycles. The largest absolute Gasteiger partial charge is 0.383 e. The summed E-state index contributed by atoms with van der Waals surface area (Å²) in [6, 6.07) is 2.90. The maximum atomic E-state index is 13.4. The lowest BCUT2D eigenvalue weighted by Crippen LogP contribution is -2.15. The third kappa shape index (κ3) is 2.68. The summed E-state index contributed by atoms with van der Waals surface area (Å²) in [6.45, 7) is 5.54. The molecule has 0 aliphatic rings. The van der Waals surface area contributed by atoms with Crippen LogP contribution >= 0.6 is 0 Å². The van der Waals surface area contributed by atoms with E-state index in [4.69, 9.17) is 5.73 Å². The summed E-state index contributed by atoms with van der Waals surface area (Å²) in [4.78, 5) is 10.9. The van der Waals surface area contributed by atoms with Crippen LogP contribution in [0.1, 0.15) is 29.8 Å². The van der Waals surface area contributed by atoms with E-state index in [1.807, 2.05) is 13.8 Å². The Hall–Kier alpha value is -1.58. The molecule has 0 aromatic heterocycles. The molecular weight excluding hydrogens is 195 g/mol. The number of nitrogens with one attached hydrogen (secondary N) is 1. The molecule has 1 aromatic rings.